The number of nitro groups is 1. The average Bonchev–Trinajstić information content (AvgIpc) is 3.04. The number of nitrogens with zero attached hydrogens (tertiary/aromatic N) is 1. The molecule has 0 aromatic heterocycles. The van der Waals surface area contributed by atoms with E-state index >= 15 is 0 Å². The van der Waals surface area contributed by atoms with Crippen LogP contribution in [0.3, 0.4) is 0 Å². The zero-order chi connectivity index (χ0) is 16.0. The Balaban J connectivity index is 1.78. The Morgan fingerprint density at radius 2 is 2.09 bits per heavy atom. The third kappa shape index (κ3) is 2.45. The summed E-state index contributed by atoms with van der Waals surface area (Å²) in [6.45, 7) is 0. The Hall–Kier alpha value is -2.14. The smallest absolute Gasteiger partial charge is 0.269 e. The first kappa shape index (κ1) is 14.5. The Morgan fingerprint density at radius 1 is 1.22 bits per heavy atom. The fourth-order valence-electron chi connectivity index (χ4n) is 3.73. The number of nitrogens with one attached hydrogen (secondary N) is 1. The van der Waals surface area contributed by atoms with Gasteiger partial charge in [-0.2, -0.15) is 0 Å². The predicted octanol–water partition coefficient (Wildman–Crippen LogP) is 5.18. The number of fused-ring (bicyclic) bond motifs is 3. The number of non-ortho nitro benzene ring substituents is 1. The molecule has 23 heavy (non-hydrogen) atoms. The number of halogens is 1. The van der Waals surface area contributed by atoms with Crippen molar-refractivity contribution in [1.82, 2.24) is 0 Å². The summed E-state index contributed by atoms with van der Waals surface area (Å²) < 4.78 is 1.07. The number of anilines is 1. The Kier molecular flexibility index (Phi) is 3.45. The summed E-state index contributed by atoms with van der Waals surface area (Å²) >= 11 is 3.55. The molecule has 2 aromatic rings. The van der Waals surface area contributed by atoms with Crippen LogP contribution in [-0.2, 0) is 0 Å². The van der Waals surface area contributed by atoms with E-state index in [0.717, 1.165) is 22.1 Å². The van der Waals surface area contributed by atoms with Crippen LogP contribution in [-0.4, -0.2) is 4.92 Å². The fourth-order valence-corrected chi connectivity index (χ4v) is 4.11. The van der Waals surface area contributed by atoms with Gasteiger partial charge in [-0.05, 0) is 41.7 Å². The highest BCUT2D eigenvalue weighted by molar-refractivity contribution is 9.10. The molecule has 0 fully saturated rings. The van der Waals surface area contributed by atoms with Crippen LogP contribution in [0.4, 0.5) is 11.4 Å². The van der Waals surface area contributed by atoms with E-state index in [9.17, 15) is 10.1 Å². The van der Waals surface area contributed by atoms with Crippen molar-refractivity contribution in [3.8, 4) is 0 Å². The largest absolute Gasteiger partial charge is 0.378 e. The lowest BCUT2D eigenvalue weighted by atomic mass is 9.77. The monoisotopic (exact) mass is 370 g/mol. The summed E-state index contributed by atoms with van der Waals surface area (Å²) in [7, 11) is 0. The van der Waals surface area contributed by atoms with Crippen LogP contribution in [0.5, 0.6) is 0 Å². The van der Waals surface area contributed by atoms with Crippen LogP contribution < -0.4 is 5.32 Å². The van der Waals surface area contributed by atoms with Gasteiger partial charge in [-0.25, -0.2) is 0 Å². The molecule has 0 spiro atoms. The molecule has 2 aliphatic rings. The molecule has 0 amide bonds. The zero-order valence-electron chi connectivity index (χ0n) is 12.3. The molecule has 1 heterocycles. The first-order valence-electron chi connectivity index (χ1n) is 7.60. The number of allylic oxidation sites excluding steroid dienone is 2. The Labute approximate surface area is 142 Å². The van der Waals surface area contributed by atoms with Crippen LogP contribution in [0.2, 0.25) is 0 Å². The third-order valence-corrected chi connectivity index (χ3v) is 5.26. The second kappa shape index (κ2) is 5.49. The van der Waals surface area contributed by atoms with Gasteiger partial charge in [-0.1, -0.05) is 40.2 Å². The van der Waals surface area contributed by atoms with Crippen molar-refractivity contribution in [3.05, 3.63) is 80.3 Å². The predicted molar refractivity (Wildman–Crippen MR) is 93.6 cm³/mol. The van der Waals surface area contributed by atoms with Crippen molar-refractivity contribution in [1.29, 1.82) is 0 Å². The van der Waals surface area contributed by atoms with Gasteiger partial charge in [0.1, 0.15) is 0 Å². The molecular formula is C18H15BrN2O2. The highest BCUT2D eigenvalue weighted by Gasteiger charge is 2.38. The molecule has 4 rings (SSSR count). The molecule has 0 saturated heterocycles. The summed E-state index contributed by atoms with van der Waals surface area (Å²) in [5.41, 5.74) is 3.53. The standard InChI is InChI=1S/C18H15BrN2O2/c19-12-7-8-17-16(10-12)14-5-2-6-15(14)18(20-17)11-3-1-4-13(9-11)21(22)23/h1-5,7-10,14-15,18,20H,6H2/t14-,15-,18+/m0/s1. The second-order valence-corrected chi connectivity index (χ2v) is 6.97. The van der Waals surface area contributed by atoms with Gasteiger partial charge in [-0.3, -0.25) is 10.1 Å². The van der Waals surface area contributed by atoms with Crippen molar-refractivity contribution in [2.45, 2.75) is 18.4 Å². The lowest BCUT2D eigenvalue weighted by Crippen LogP contribution is -2.29. The van der Waals surface area contributed by atoms with Crippen LogP contribution in [0.25, 0.3) is 0 Å². The topological polar surface area (TPSA) is 55.2 Å². The molecule has 1 aliphatic heterocycles. The van der Waals surface area contributed by atoms with E-state index in [1.54, 1.807) is 18.2 Å². The van der Waals surface area contributed by atoms with E-state index in [2.05, 4.69) is 45.5 Å². The number of benzene rings is 2. The van der Waals surface area contributed by atoms with Crippen molar-refractivity contribution < 1.29 is 4.92 Å². The van der Waals surface area contributed by atoms with Gasteiger partial charge >= 0.3 is 0 Å². The normalized spacial score (nSPS) is 24.7. The van der Waals surface area contributed by atoms with Crippen molar-refractivity contribution >= 4 is 27.3 Å². The quantitative estimate of drug-likeness (QED) is 0.449. The molecule has 1 aliphatic carbocycles. The minimum Gasteiger partial charge on any atom is -0.378 e. The zero-order valence-corrected chi connectivity index (χ0v) is 13.9. The Bertz CT molecular complexity index is 818. The lowest BCUT2D eigenvalue weighted by Gasteiger charge is -2.37. The second-order valence-electron chi connectivity index (χ2n) is 6.06. The summed E-state index contributed by atoms with van der Waals surface area (Å²) in [6, 6.07) is 13.3. The lowest BCUT2D eigenvalue weighted by molar-refractivity contribution is -0.384. The summed E-state index contributed by atoms with van der Waals surface area (Å²) in [4.78, 5) is 10.7. The molecule has 0 unspecified atom stereocenters. The number of hydrogen-bond donors (Lipinski definition) is 1. The van der Waals surface area contributed by atoms with Crippen LogP contribution >= 0.6 is 15.9 Å². The van der Waals surface area contributed by atoms with Crippen molar-refractivity contribution in [2.24, 2.45) is 5.92 Å². The van der Waals surface area contributed by atoms with Gasteiger partial charge in [0.25, 0.3) is 5.69 Å². The highest BCUT2D eigenvalue weighted by Crippen LogP contribution is 2.50. The molecule has 0 bridgehead atoms. The van der Waals surface area contributed by atoms with Gasteiger partial charge < -0.3 is 5.32 Å². The van der Waals surface area contributed by atoms with Gasteiger partial charge in [0.05, 0.1) is 11.0 Å². The van der Waals surface area contributed by atoms with E-state index in [1.165, 1.54) is 5.56 Å². The van der Waals surface area contributed by atoms with Crippen molar-refractivity contribution in [2.75, 3.05) is 5.32 Å². The molecule has 3 atom stereocenters. The van der Waals surface area contributed by atoms with E-state index in [4.69, 9.17) is 0 Å². The van der Waals surface area contributed by atoms with E-state index < -0.39 is 0 Å². The van der Waals surface area contributed by atoms with Crippen molar-refractivity contribution in [3.63, 3.8) is 0 Å². The van der Waals surface area contributed by atoms with Gasteiger partial charge in [0.2, 0.25) is 0 Å². The number of hydrogen-bond acceptors (Lipinski definition) is 3. The van der Waals surface area contributed by atoms with E-state index in [-0.39, 0.29) is 16.7 Å². The SMILES string of the molecule is O=[N+]([O-])c1cccc([C@H]2Nc3ccc(Br)cc3[C@H]3C=CC[C@@H]32)c1. The minimum absolute atomic E-state index is 0.0866. The van der Waals surface area contributed by atoms with Gasteiger partial charge in [-0.15, -0.1) is 0 Å². The molecule has 1 N–H and O–H groups in total. The average molecular weight is 371 g/mol. The highest BCUT2D eigenvalue weighted by atomic mass is 79.9. The van der Waals surface area contributed by atoms with E-state index in [1.807, 2.05) is 12.1 Å². The maximum atomic E-state index is 11.1. The molecule has 116 valence electrons. The van der Waals surface area contributed by atoms with E-state index in [0.29, 0.717) is 11.8 Å². The maximum Gasteiger partial charge on any atom is 0.269 e. The molecule has 0 saturated carbocycles. The maximum absolute atomic E-state index is 11.1. The van der Waals surface area contributed by atoms with Crippen LogP contribution in [0.1, 0.15) is 29.5 Å². The molecule has 5 heteroatoms. The molecule has 2 aromatic carbocycles. The minimum atomic E-state index is -0.332. The Morgan fingerprint density at radius 3 is 2.91 bits per heavy atom. The van der Waals surface area contributed by atoms with Crippen LogP contribution in [0.15, 0.2) is 59.1 Å². The summed E-state index contributed by atoms with van der Waals surface area (Å²) in [5, 5.41) is 14.7. The first-order chi connectivity index (χ1) is 11.1. The number of nitro benzene ring substituents is 1. The number of rotatable bonds is 2. The first-order valence-corrected chi connectivity index (χ1v) is 8.40. The summed E-state index contributed by atoms with van der Waals surface area (Å²) in [6.07, 6.45) is 5.47. The molecular weight excluding hydrogens is 356 g/mol. The summed E-state index contributed by atoms with van der Waals surface area (Å²) in [5.74, 6) is 0.742. The van der Waals surface area contributed by atoms with Gasteiger partial charge in [0, 0.05) is 28.2 Å². The third-order valence-electron chi connectivity index (χ3n) is 4.76. The molecule has 4 nitrogen and oxygen atoms in total. The fraction of sp³-hybridized carbons (Fsp3) is 0.222. The molecule has 0 radical (unpaired) electrons. The van der Waals surface area contributed by atoms with Crippen LogP contribution in [0, 0.1) is 16.0 Å². The van der Waals surface area contributed by atoms with Gasteiger partial charge in [0.15, 0.2) is 0 Å².